The van der Waals surface area contributed by atoms with Gasteiger partial charge >= 0.3 is 5.97 Å². The molecule has 0 amide bonds. The third kappa shape index (κ3) is 5.02. The molecule has 0 saturated heterocycles. The molecule has 0 bridgehead atoms. The Morgan fingerprint density at radius 2 is 2.30 bits per heavy atom. The van der Waals surface area contributed by atoms with Crippen LogP contribution in [0.4, 0.5) is 0 Å². The van der Waals surface area contributed by atoms with Crippen molar-refractivity contribution < 1.29 is 9.53 Å². The highest BCUT2D eigenvalue weighted by Gasteiger charge is 2.07. The van der Waals surface area contributed by atoms with Crippen molar-refractivity contribution in [2.24, 2.45) is 5.92 Å². The summed E-state index contributed by atoms with van der Waals surface area (Å²) in [6, 6.07) is 0. The van der Waals surface area contributed by atoms with Crippen LogP contribution in [0.2, 0.25) is 0 Å². The summed E-state index contributed by atoms with van der Waals surface area (Å²) < 4.78 is 5.63. The molecule has 0 rings (SSSR count). The van der Waals surface area contributed by atoms with Gasteiger partial charge in [0, 0.05) is 6.42 Å². The third-order valence-electron chi connectivity index (χ3n) is 1.34. The Hall–Kier alpha value is 0.200. The summed E-state index contributed by atoms with van der Waals surface area (Å²) >= 11 is 2.31. The molecule has 0 N–H and O–H groups in total. The largest absolute Gasteiger partial charge is 0.469 e. The summed E-state index contributed by atoms with van der Waals surface area (Å²) in [5.41, 5.74) is 0. The Labute approximate surface area is 75.5 Å². The zero-order chi connectivity index (χ0) is 7.98. The first-order valence-corrected chi connectivity index (χ1v) is 4.86. The lowest BCUT2D eigenvalue weighted by Gasteiger charge is -2.05. The van der Waals surface area contributed by atoms with E-state index in [0.717, 1.165) is 10.8 Å². The van der Waals surface area contributed by atoms with Crippen molar-refractivity contribution in [3.05, 3.63) is 0 Å². The fraction of sp³-hybridized carbons (Fsp3) is 0.857. The highest BCUT2D eigenvalue weighted by Crippen LogP contribution is 2.09. The lowest BCUT2D eigenvalue weighted by Crippen LogP contribution is -2.07. The van der Waals surface area contributed by atoms with Crippen LogP contribution in [-0.4, -0.2) is 17.5 Å². The van der Waals surface area contributed by atoms with Crippen molar-refractivity contribution in [3.63, 3.8) is 0 Å². The van der Waals surface area contributed by atoms with E-state index < -0.39 is 0 Å². The van der Waals surface area contributed by atoms with Gasteiger partial charge in [0.2, 0.25) is 0 Å². The number of methoxy groups -OCH3 is 1. The summed E-state index contributed by atoms with van der Waals surface area (Å²) in [6.45, 7) is 2.07. The van der Waals surface area contributed by atoms with Gasteiger partial charge in [-0.05, 0) is 16.8 Å². The Bertz CT molecular complexity index is 104. The number of hydrogen-bond acceptors (Lipinski definition) is 2. The molecular weight excluding hydrogens is 243 g/mol. The average molecular weight is 256 g/mol. The molecule has 0 aromatic rings. The highest BCUT2D eigenvalue weighted by molar-refractivity contribution is 14.1. The molecule has 0 saturated carbocycles. The second-order valence-corrected chi connectivity index (χ2v) is 3.44. The van der Waals surface area contributed by atoms with Crippen LogP contribution in [0.1, 0.15) is 19.8 Å². The zero-order valence-corrected chi connectivity index (χ0v) is 8.55. The highest BCUT2D eigenvalue weighted by atomic mass is 127. The van der Waals surface area contributed by atoms with Gasteiger partial charge in [-0.3, -0.25) is 4.79 Å². The van der Waals surface area contributed by atoms with E-state index in [1.54, 1.807) is 0 Å². The molecule has 0 aromatic carbocycles. The van der Waals surface area contributed by atoms with Crippen molar-refractivity contribution in [2.75, 3.05) is 11.5 Å². The summed E-state index contributed by atoms with van der Waals surface area (Å²) in [4.78, 5) is 10.7. The quantitative estimate of drug-likeness (QED) is 0.437. The number of halogens is 1. The number of rotatable bonds is 4. The normalized spacial score (nSPS) is 12.7. The molecule has 0 aliphatic heterocycles. The van der Waals surface area contributed by atoms with Gasteiger partial charge in [0.1, 0.15) is 0 Å². The fourth-order valence-electron chi connectivity index (χ4n) is 0.656. The molecular formula is C7H13IO2. The summed E-state index contributed by atoms with van der Waals surface area (Å²) in [6.07, 6.45) is 1.65. The minimum absolute atomic E-state index is 0.0997. The van der Waals surface area contributed by atoms with Crippen LogP contribution in [0.5, 0.6) is 0 Å². The van der Waals surface area contributed by atoms with E-state index >= 15 is 0 Å². The van der Waals surface area contributed by atoms with E-state index in [-0.39, 0.29) is 5.97 Å². The lowest BCUT2D eigenvalue weighted by atomic mass is 10.1. The molecule has 10 heavy (non-hydrogen) atoms. The first kappa shape index (κ1) is 10.2. The molecule has 2 nitrogen and oxygen atoms in total. The van der Waals surface area contributed by atoms with Gasteiger partial charge in [-0.2, -0.15) is 0 Å². The van der Waals surface area contributed by atoms with Crippen molar-refractivity contribution >= 4 is 28.6 Å². The molecule has 0 radical (unpaired) electrons. The van der Waals surface area contributed by atoms with Crippen LogP contribution in [0, 0.1) is 5.92 Å². The minimum Gasteiger partial charge on any atom is -0.469 e. The van der Waals surface area contributed by atoms with Crippen LogP contribution in [-0.2, 0) is 9.53 Å². The van der Waals surface area contributed by atoms with Crippen molar-refractivity contribution in [3.8, 4) is 0 Å². The van der Waals surface area contributed by atoms with E-state index in [0.29, 0.717) is 12.3 Å². The molecule has 0 spiro atoms. The van der Waals surface area contributed by atoms with Gasteiger partial charge in [-0.1, -0.05) is 29.5 Å². The van der Waals surface area contributed by atoms with Crippen LogP contribution >= 0.6 is 22.6 Å². The van der Waals surface area contributed by atoms with E-state index in [1.807, 2.05) is 0 Å². The average Bonchev–Trinajstić information content (AvgIpc) is 1.88. The number of ether oxygens (including phenoxy) is 1. The van der Waals surface area contributed by atoms with E-state index in [1.165, 1.54) is 7.11 Å². The Morgan fingerprint density at radius 1 is 1.70 bits per heavy atom. The topological polar surface area (TPSA) is 26.3 Å². The molecule has 0 unspecified atom stereocenters. The van der Waals surface area contributed by atoms with Crippen molar-refractivity contribution in [2.45, 2.75) is 19.8 Å². The molecule has 0 aromatic heterocycles. The number of alkyl halides is 1. The molecule has 0 aliphatic rings. The SMILES string of the molecule is COC(=O)C[C@H](C)CCI. The van der Waals surface area contributed by atoms with Crippen molar-refractivity contribution in [1.29, 1.82) is 0 Å². The molecule has 3 heteroatoms. The van der Waals surface area contributed by atoms with Crippen LogP contribution in [0.15, 0.2) is 0 Å². The molecule has 1 atom stereocenters. The van der Waals surface area contributed by atoms with Gasteiger partial charge in [0.15, 0.2) is 0 Å². The molecule has 0 aliphatic carbocycles. The smallest absolute Gasteiger partial charge is 0.305 e. The number of carbonyl (C=O) groups is 1. The second-order valence-electron chi connectivity index (χ2n) is 2.36. The van der Waals surface area contributed by atoms with Gasteiger partial charge in [-0.15, -0.1) is 0 Å². The third-order valence-corrected chi connectivity index (χ3v) is 1.97. The maximum absolute atomic E-state index is 10.7. The number of esters is 1. The van der Waals surface area contributed by atoms with Crippen LogP contribution in [0.3, 0.4) is 0 Å². The van der Waals surface area contributed by atoms with E-state index in [9.17, 15) is 4.79 Å². The van der Waals surface area contributed by atoms with Gasteiger partial charge in [0.05, 0.1) is 7.11 Å². The van der Waals surface area contributed by atoms with E-state index in [2.05, 4.69) is 34.3 Å². The second kappa shape index (κ2) is 5.95. The maximum Gasteiger partial charge on any atom is 0.305 e. The monoisotopic (exact) mass is 256 g/mol. The zero-order valence-electron chi connectivity index (χ0n) is 6.39. The van der Waals surface area contributed by atoms with Crippen molar-refractivity contribution in [1.82, 2.24) is 0 Å². The first-order chi connectivity index (χ1) is 4.70. The summed E-state index contributed by atoms with van der Waals surface area (Å²) in [5.74, 6) is 0.363. The first-order valence-electron chi connectivity index (χ1n) is 3.33. The summed E-state index contributed by atoms with van der Waals surface area (Å²) in [7, 11) is 1.43. The molecule has 0 fully saturated rings. The predicted molar refractivity (Wildman–Crippen MR) is 49.3 cm³/mol. The Balaban J connectivity index is 3.37. The van der Waals surface area contributed by atoms with Gasteiger partial charge in [0.25, 0.3) is 0 Å². The number of carbonyl (C=O) groups excluding carboxylic acids is 1. The molecule has 0 heterocycles. The van der Waals surface area contributed by atoms with Gasteiger partial charge in [-0.25, -0.2) is 0 Å². The predicted octanol–water partition coefficient (Wildman–Crippen LogP) is 2.01. The van der Waals surface area contributed by atoms with Gasteiger partial charge < -0.3 is 4.74 Å². The fourth-order valence-corrected chi connectivity index (χ4v) is 1.72. The van der Waals surface area contributed by atoms with E-state index in [4.69, 9.17) is 0 Å². The summed E-state index contributed by atoms with van der Waals surface area (Å²) in [5, 5.41) is 0. The standard InChI is InChI=1S/C7H13IO2/c1-6(3-4-8)5-7(9)10-2/h6H,3-5H2,1-2H3/t6-/m1/s1. The van der Waals surface area contributed by atoms with Crippen LogP contribution in [0.25, 0.3) is 0 Å². The lowest BCUT2D eigenvalue weighted by molar-refractivity contribution is -0.141. The maximum atomic E-state index is 10.7. The molecule has 60 valence electrons. The minimum atomic E-state index is -0.0997. The Morgan fingerprint density at radius 3 is 2.70 bits per heavy atom. The van der Waals surface area contributed by atoms with Crippen LogP contribution < -0.4 is 0 Å². The number of hydrogen-bond donors (Lipinski definition) is 0. The Kier molecular flexibility index (Phi) is 6.06.